The highest BCUT2D eigenvalue weighted by atomic mass is 16.4. The second-order valence-corrected chi connectivity index (χ2v) is 4.60. The molecule has 6 nitrogen and oxygen atoms in total. The lowest BCUT2D eigenvalue weighted by Gasteiger charge is -2.34. The van der Waals surface area contributed by atoms with Crippen molar-refractivity contribution in [3.8, 4) is 0 Å². The van der Waals surface area contributed by atoms with Gasteiger partial charge in [-0.15, -0.1) is 0 Å². The van der Waals surface area contributed by atoms with Crippen LogP contribution in [0.25, 0.3) is 0 Å². The quantitative estimate of drug-likeness (QED) is 0.845. The zero-order valence-electron chi connectivity index (χ0n) is 10.9. The first kappa shape index (κ1) is 13.5. The Morgan fingerprint density at radius 2 is 2.00 bits per heavy atom. The number of aryl methyl sites for hydroxylation is 1. The molecule has 1 fully saturated rings. The molecular formula is C13H17N3O3. The minimum atomic E-state index is -0.831. The summed E-state index contributed by atoms with van der Waals surface area (Å²) in [6.45, 7) is 4.15. The second-order valence-electron chi connectivity index (χ2n) is 4.60. The molecule has 0 aromatic carbocycles. The highest BCUT2D eigenvalue weighted by Crippen LogP contribution is 2.10. The first-order chi connectivity index (χ1) is 9.08. The molecule has 1 saturated heterocycles. The lowest BCUT2D eigenvalue weighted by Crippen LogP contribution is -2.50. The highest BCUT2D eigenvalue weighted by Gasteiger charge is 2.24. The summed E-state index contributed by atoms with van der Waals surface area (Å²) in [5.74, 6) is -0.858. The second kappa shape index (κ2) is 5.79. The Morgan fingerprint density at radius 1 is 1.32 bits per heavy atom. The molecule has 2 rings (SSSR count). The van der Waals surface area contributed by atoms with E-state index in [1.165, 1.54) is 0 Å². The van der Waals surface area contributed by atoms with Gasteiger partial charge in [-0.3, -0.25) is 19.5 Å². The average molecular weight is 263 g/mol. The van der Waals surface area contributed by atoms with Crippen molar-refractivity contribution in [2.24, 2.45) is 0 Å². The fourth-order valence-corrected chi connectivity index (χ4v) is 2.18. The first-order valence-electron chi connectivity index (χ1n) is 6.23. The number of hydrogen-bond donors (Lipinski definition) is 1. The summed E-state index contributed by atoms with van der Waals surface area (Å²) >= 11 is 0. The molecule has 2 heterocycles. The van der Waals surface area contributed by atoms with Crippen LogP contribution in [0.2, 0.25) is 0 Å². The van der Waals surface area contributed by atoms with Crippen LogP contribution >= 0.6 is 0 Å². The monoisotopic (exact) mass is 263 g/mol. The molecule has 0 bridgehead atoms. The summed E-state index contributed by atoms with van der Waals surface area (Å²) in [6, 6.07) is 3.52. The van der Waals surface area contributed by atoms with Crippen LogP contribution in [0.3, 0.4) is 0 Å². The summed E-state index contributed by atoms with van der Waals surface area (Å²) in [6.07, 6.45) is 1.66. The van der Waals surface area contributed by atoms with Crippen molar-refractivity contribution >= 4 is 11.9 Å². The third kappa shape index (κ3) is 3.29. The number of pyridine rings is 1. The Labute approximate surface area is 111 Å². The molecule has 6 heteroatoms. The Morgan fingerprint density at radius 3 is 2.58 bits per heavy atom. The van der Waals surface area contributed by atoms with E-state index >= 15 is 0 Å². The maximum absolute atomic E-state index is 12.3. The van der Waals surface area contributed by atoms with Gasteiger partial charge in [0.05, 0.1) is 12.1 Å². The van der Waals surface area contributed by atoms with Crippen LogP contribution in [0, 0.1) is 6.92 Å². The molecule has 102 valence electrons. The van der Waals surface area contributed by atoms with Gasteiger partial charge in [-0.25, -0.2) is 0 Å². The van der Waals surface area contributed by atoms with E-state index in [1.54, 1.807) is 23.2 Å². The lowest BCUT2D eigenvalue weighted by atomic mass is 10.1. The number of carboxylic acids is 1. The number of carbonyl (C=O) groups excluding carboxylic acids is 1. The van der Waals surface area contributed by atoms with E-state index in [1.807, 2.05) is 11.8 Å². The van der Waals surface area contributed by atoms with Crippen molar-refractivity contribution in [1.29, 1.82) is 0 Å². The van der Waals surface area contributed by atoms with Gasteiger partial charge in [-0.05, 0) is 19.1 Å². The number of carboxylic acid groups (broad SMARTS) is 1. The summed E-state index contributed by atoms with van der Waals surface area (Å²) in [4.78, 5) is 30.6. The molecule has 0 unspecified atom stereocenters. The van der Waals surface area contributed by atoms with Gasteiger partial charge >= 0.3 is 5.97 Å². The van der Waals surface area contributed by atoms with Crippen LogP contribution in [0.5, 0.6) is 0 Å². The molecule has 1 amide bonds. The normalized spacial score (nSPS) is 16.4. The molecular weight excluding hydrogens is 246 g/mol. The van der Waals surface area contributed by atoms with Crippen LogP contribution in [0.1, 0.15) is 16.1 Å². The predicted octanol–water partition coefficient (Wildman–Crippen LogP) is 0.232. The molecule has 1 aliphatic heterocycles. The smallest absolute Gasteiger partial charge is 0.317 e. The van der Waals surface area contributed by atoms with Crippen molar-refractivity contribution in [3.05, 3.63) is 29.6 Å². The SMILES string of the molecule is Cc1ncccc1C(=O)N1CCN(CC(=O)O)CC1. The zero-order chi connectivity index (χ0) is 13.8. The molecule has 0 saturated carbocycles. The standard InChI is InChI=1S/C13H17N3O3/c1-10-11(3-2-4-14-10)13(19)16-7-5-15(6-8-16)9-12(17)18/h2-4H,5-9H2,1H3,(H,17,18). The maximum Gasteiger partial charge on any atom is 0.317 e. The van der Waals surface area contributed by atoms with Crippen molar-refractivity contribution in [2.75, 3.05) is 32.7 Å². The fraction of sp³-hybridized carbons (Fsp3) is 0.462. The van der Waals surface area contributed by atoms with Gasteiger partial charge in [0.2, 0.25) is 0 Å². The van der Waals surface area contributed by atoms with Gasteiger partial charge in [-0.2, -0.15) is 0 Å². The predicted molar refractivity (Wildman–Crippen MR) is 69.0 cm³/mol. The summed E-state index contributed by atoms with van der Waals surface area (Å²) in [5, 5.41) is 8.72. The lowest BCUT2D eigenvalue weighted by molar-refractivity contribution is -0.138. The molecule has 0 aliphatic carbocycles. The number of aliphatic carboxylic acids is 1. The Kier molecular flexibility index (Phi) is 4.11. The summed E-state index contributed by atoms with van der Waals surface area (Å²) < 4.78 is 0. The number of aromatic nitrogens is 1. The van der Waals surface area contributed by atoms with E-state index in [0.29, 0.717) is 31.7 Å². The van der Waals surface area contributed by atoms with Gasteiger partial charge in [0.1, 0.15) is 0 Å². The van der Waals surface area contributed by atoms with Gasteiger partial charge in [0, 0.05) is 38.1 Å². The molecule has 1 aromatic heterocycles. The third-order valence-corrected chi connectivity index (χ3v) is 3.26. The van der Waals surface area contributed by atoms with Gasteiger partial charge in [-0.1, -0.05) is 0 Å². The van der Waals surface area contributed by atoms with E-state index in [-0.39, 0.29) is 12.5 Å². The largest absolute Gasteiger partial charge is 0.480 e. The minimum Gasteiger partial charge on any atom is -0.480 e. The van der Waals surface area contributed by atoms with Gasteiger partial charge in [0.15, 0.2) is 0 Å². The van der Waals surface area contributed by atoms with Crippen LogP contribution in [-0.2, 0) is 4.79 Å². The van der Waals surface area contributed by atoms with Crippen LogP contribution in [-0.4, -0.2) is 64.5 Å². The molecule has 19 heavy (non-hydrogen) atoms. The first-order valence-corrected chi connectivity index (χ1v) is 6.23. The van der Waals surface area contributed by atoms with Crippen molar-refractivity contribution < 1.29 is 14.7 Å². The van der Waals surface area contributed by atoms with Crippen molar-refractivity contribution in [3.63, 3.8) is 0 Å². The maximum atomic E-state index is 12.3. The van der Waals surface area contributed by atoms with Gasteiger partial charge in [0.25, 0.3) is 5.91 Å². The van der Waals surface area contributed by atoms with E-state index < -0.39 is 5.97 Å². The summed E-state index contributed by atoms with van der Waals surface area (Å²) in [5.41, 5.74) is 1.34. The molecule has 1 aliphatic rings. The number of rotatable bonds is 3. The van der Waals surface area contributed by atoms with E-state index in [2.05, 4.69) is 4.98 Å². The fourth-order valence-electron chi connectivity index (χ4n) is 2.18. The van der Waals surface area contributed by atoms with E-state index in [9.17, 15) is 9.59 Å². The summed E-state index contributed by atoms with van der Waals surface area (Å²) in [7, 11) is 0. The zero-order valence-corrected chi connectivity index (χ0v) is 10.9. The highest BCUT2D eigenvalue weighted by molar-refractivity contribution is 5.95. The van der Waals surface area contributed by atoms with Crippen LogP contribution in [0.15, 0.2) is 18.3 Å². The van der Waals surface area contributed by atoms with Crippen molar-refractivity contribution in [1.82, 2.24) is 14.8 Å². The Hall–Kier alpha value is -1.95. The molecule has 1 N–H and O–H groups in total. The Balaban J connectivity index is 1.96. The molecule has 1 aromatic rings. The minimum absolute atomic E-state index is 0.0272. The van der Waals surface area contributed by atoms with E-state index in [4.69, 9.17) is 5.11 Å². The molecule has 0 spiro atoms. The number of nitrogens with zero attached hydrogens (tertiary/aromatic N) is 3. The Bertz CT molecular complexity index is 482. The topological polar surface area (TPSA) is 73.7 Å². The average Bonchev–Trinajstić information content (AvgIpc) is 2.39. The number of carbonyl (C=O) groups is 2. The number of amides is 1. The molecule has 0 radical (unpaired) electrons. The molecule has 0 atom stereocenters. The van der Waals surface area contributed by atoms with Crippen LogP contribution < -0.4 is 0 Å². The van der Waals surface area contributed by atoms with Gasteiger partial charge < -0.3 is 10.0 Å². The van der Waals surface area contributed by atoms with Crippen LogP contribution in [0.4, 0.5) is 0 Å². The van der Waals surface area contributed by atoms with Crippen molar-refractivity contribution in [2.45, 2.75) is 6.92 Å². The number of hydrogen-bond acceptors (Lipinski definition) is 4. The van der Waals surface area contributed by atoms with E-state index in [0.717, 1.165) is 5.69 Å². The third-order valence-electron chi connectivity index (χ3n) is 3.26. The number of piperazine rings is 1.